The van der Waals surface area contributed by atoms with Crippen molar-refractivity contribution in [3.8, 4) is 0 Å². The zero-order chi connectivity index (χ0) is 22.5. The topological polar surface area (TPSA) is 69.0 Å². The van der Waals surface area contributed by atoms with E-state index in [1.165, 1.54) is 0 Å². The molecule has 0 atom stereocenters. The van der Waals surface area contributed by atoms with Gasteiger partial charge in [0.1, 0.15) is 11.9 Å². The number of carbonyl (C=O) groups excluding carboxylic acids is 1. The maximum Gasteiger partial charge on any atom is 0.281 e. The van der Waals surface area contributed by atoms with Crippen LogP contribution in [0.1, 0.15) is 44.5 Å². The lowest BCUT2D eigenvalue weighted by molar-refractivity contribution is -0.112. The third kappa shape index (κ3) is 4.25. The predicted octanol–water partition coefficient (Wildman–Crippen LogP) is 4.53. The van der Waals surface area contributed by atoms with Gasteiger partial charge in [0.2, 0.25) is 0 Å². The molecule has 1 amide bonds. The van der Waals surface area contributed by atoms with Crippen LogP contribution in [-0.4, -0.2) is 41.0 Å². The number of para-hydroxylation sites is 3. The fraction of sp³-hybridized carbons (Fsp3) is 0.400. The fourth-order valence-corrected chi connectivity index (χ4v) is 4.08. The number of hydrogen-bond donors (Lipinski definition) is 0. The molecular formula is C25H30N4O3. The van der Waals surface area contributed by atoms with Crippen LogP contribution >= 0.6 is 0 Å². The lowest BCUT2D eigenvalue weighted by Crippen LogP contribution is -2.31. The van der Waals surface area contributed by atoms with E-state index in [9.17, 15) is 4.79 Å². The summed E-state index contributed by atoms with van der Waals surface area (Å²) in [6.45, 7) is 5.91. The van der Waals surface area contributed by atoms with Crippen molar-refractivity contribution < 1.29 is 14.4 Å². The van der Waals surface area contributed by atoms with Crippen LogP contribution in [0, 0.1) is 0 Å². The van der Waals surface area contributed by atoms with Crippen LogP contribution < -0.4 is 4.90 Å². The molecule has 0 bridgehead atoms. The van der Waals surface area contributed by atoms with Gasteiger partial charge >= 0.3 is 0 Å². The van der Waals surface area contributed by atoms with Gasteiger partial charge < -0.3 is 14.1 Å². The second-order valence-electron chi connectivity index (χ2n) is 7.91. The summed E-state index contributed by atoms with van der Waals surface area (Å²) < 4.78 is 7.42. The highest BCUT2D eigenvalue weighted by molar-refractivity contribution is 6.54. The molecule has 2 heterocycles. The maximum atomic E-state index is 13.4. The molecule has 0 aliphatic carbocycles. The van der Waals surface area contributed by atoms with E-state index in [1.54, 1.807) is 12.0 Å². The van der Waals surface area contributed by atoms with Gasteiger partial charge in [0.25, 0.3) is 5.91 Å². The molecule has 2 aromatic carbocycles. The second kappa shape index (κ2) is 9.96. The molecule has 0 radical (unpaired) electrons. The molecule has 32 heavy (non-hydrogen) atoms. The summed E-state index contributed by atoms with van der Waals surface area (Å²) in [5.41, 5.74) is 3.97. The minimum atomic E-state index is -0.160. The molecule has 0 fully saturated rings. The number of aryl methyl sites for hydroxylation is 1. The Morgan fingerprint density at radius 3 is 2.59 bits per heavy atom. The smallest absolute Gasteiger partial charge is 0.281 e. The zero-order valence-electron chi connectivity index (χ0n) is 19.0. The standard InChI is InChI=1S/C25H30N4O3/c1-4-18(5-2)32-27-24-19-11-6-8-13-21(19)29(25(24)30)17-23-26-20-12-7-9-14-22(20)28(23)15-10-16-31-3/h6-9,11-14,18H,4-5,10,15-17H2,1-3H3/b27-24+. The average molecular weight is 435 g/mol. The van der Waals surface area contributed by atoms with Gasteiger partial charge in [0, 0.05) is 25.8 Å². The largest absolute Gasteiger partial charge is 0.392 e. The third-order valence-electron chi connectivity index (χ3n) is 5.86. The van der Waals surface area contributed by atoms with E-state index in [0.29, 0.717) is 18.9 Å². The molecule has 168 valence electrons. The summed E-state index contributed by atoms with van der Waals surface area (Å²) in [5, 5.41) is 4.29. The molecule has 0 spiro atoms. The quantitative estimate of drug-likeness (QED) is 0.347. The highest BCUT2D eigenvalue weighted by Gasteiger charge is 2.35. The predicted molar refractivity (Wildman–Crippen MR) is 126 cm³/mol. The van der Waals surface area contributed by atoms with Crippen LogP contribution in [0.5, 0.6) is 0 Å². The zero-order valence-corrected chi connectivity index (χ0v) is 19.0. The first kappa shape index (κ1) is 22.0. The molecule has 7 heteroatoms. The summed E-state index contributed by atoms with van der Waals surface area (Å²) >= 11 is 0. The number of rotatable bonds is 10. The Bertz CT molecular complexity index is 1120. The summed E-state index contributed by atoms with van der Waals surface area (Å²) in [6, 6.07) is 15.8. The van der Waals surface area contributed by atoms with E-state index in [0.717, 1.165) is 53.9 Å². The highest BCUT2D eigenvalue weighted by atomic mass is 16.6. The van der Waals surface area contributed by atoms with Gasteiger partial charge in [-0.15, -0.1) is 0 Å². The monoisotopic (exact) mass is 434 g/mol. The van der Waals surface area contributed by atoms with Gasteiger partial charge in [-0.1, -0.05) is 49.3 Å². The van der Waals surface area contributed by atoms with E-state index in [1.807, 2.05) is 42.5 Å². The number of benzene rings is 2. The third-order valence-corrected chi connectivity index (χ3v) is 5.86. The molecule has 3 aromatic rings. The van der Waals surface area contributed by atoms with Gasteiger partial charge in [0.15, 0.2) is 5.71 Å². The first-order valence-electron chi connectivity index (χ1n) is 11.3. The number of methoxy groups -OCH3 is 1. The van der Waals surface area contributed by atoms with Crippen molar-refractivity contribution in [2.45, 2.75) is 52.3 Å². The van der Waals surface area contributed by atoms with Crippen molar-refractivity contribution in [2.24, 2.45) is 5.16 Å². The number of ether oxygens (including phenoxy) is 1. The minimum Gasteiger partial charge on any atom is -0.392 e. The summed E-state index contributed by atoms with van der Waals surface area (Å²) in [6.07, 6.45) is 2.56. The van der Waals surface area contributed by atoms with Gasteiger partial charge in [-0.25, -0.2) is 4.98 Å². The number of oxime groups is 1. The van der Waals surface area contributed by atoms with Crippen molar-refractivity contribution in [1.82, 2.24) is 9.55 Å². The van der Waals surface area contributed by atoms with E-state index in [2.05, 4.69) is 29.6 Å². The van der Waals surface area contributed by atoms with E-state index in [-0.39, 0.29) is 12.0 Å². The van der Waals surface area contributed by atoms with E-state index >= 15 is 0 Å². The van der Waals surface area contributed by atoms with Crippen LogP contribution in [0.4, 0.5) is 5.69 Å². The van der Waals surface area contributed by atoms with Gasteiger partial charge in [0.05, 0.1) is 23.3 Å². The van der Waals surface area contributed by atoms with Crippen molar-refractivity contribution in [1.29, 1.82) is 0 Å². The molecule has 0 N–H and O–H groups in total. The van der Waals surface area contributed by atoms with Crippen LogP contribution in [0.3, 0.4) is 0 Å². The summed E-state index contributed by atoms with van der Waals surface area (Å²) in [5.74, 6) is 0.681. The number of nitrogens with zero attached hydrogens (tertiary/aromatic N) is 4. The molecule has 0 saturated heterocycles. The lowest BCUT2D eigenvalue weighted by Gasteiger charge is -2.18. The van der Waals surface area contributed by atoms with Crippen LogP contribution in [0.15, 0.2) is 53.7 Å². The number of carbonyl (C=O) groups is 1. The Balaban J connectivity index is 1.67. The average Bonchev–Trinajstić information content (AvgIpc) is 3.30. The Kier molecular flexibility index (Phi) is 6.85. The second-order valence-corrected chi connectivity index (χ2v) is 7.91. The van der Waals surface area contributed by atoms with Crippen molar-refractivity contribution >= 4 is 28.3 Å². The molecule has 1 aliphatic heterocycles. The molecular weight excluding hydrogens is 404 g/mol. The Hall–Kier alpha value is -3.19. The number of amides is 1. The minimum absolute atomic E-state index is 0.00138. The molecule has 0 saturated carbocycles. The van der Waals surface area contributed by atoms with E-state index in [4.69, 9.17) is 14.6 Å². The molecule has 1 aliphatic rings. The van der Waals surface area contributed by atoms with Crippen LogP contribution in [-0.2, 0) is 27.5 Å². The SMILES string of the molecule is CCC(CC)O/N=C1/C(=O)N(Cc2nc3ccccc3n2CCCOC)c2ccccc21. The van der Waals surface area contributed by atoms with Crippen LogP contribution in [0.25, 0.3) is 11.0 Å². The van der Waals surface area contributed by atoms with Gasteiger partial charge in [-0.2, -0.15) is 0 Å². The number of hydrogen-bond acceptors (Lipinski definition) is 5. The van der Waals surface area contributed by atoms with Gasteiger partial charge in [-0.05, 0) is 37.5 Å². The maximum absolute atomic E-state index is 13.4. The molecule has 0 unspecified atom stereocenters. The Morgan fingerprint density at radius 2 is 1.81 bits per heavy atom. The summed E-state index contributed by atoms with van der Waals surface area (Å²) in [4.78, 5) is 25.7. The summed E-state index contributed by atoms with van der Waals surface area (Å²) in [7, 11) is 1.71. The van der Waals surface area contributed by atoms with E-state index < -0.39 is 0 Å². The highest BCUT2D eigenvalue weighted by Crippen LogP contribution is 2.31. The number of fused-ring (bicyclic) bond motifs is 2. The van der Waals surface area contributed by atoms with Crippen molar-refractivity contribution in [2.75, 3.05) is 18.6 Å². The van der Waals surface area contributed by atoms with Crippen LogP contribution in [0.2, 0.25) is 0 Å². The Labute approximate surface area is 188 Å². The normalized spacial score (nSPS) is 14.7. The first-order chi connectivity index (χ1) is 15.7. The molecule has 4 rings (SSSR count). The Morgan fingerprint density at radius 1 is 1.06 bits per heavy atom. The first-order valence-corrected chi connectivity index (χ1v) is 11.3. The van der Waals surface area contributed by atoms with Crippen molar-refractivity contribution in [3.05, 3.63) is 59.9 Å². The number of imidazole rings is 1. The van der Waals surface area contributed by atoms with Crippen molar-refractivity contribution in [3.63, 3.8) is 0 Å². The fourth-order valence-electron chi connectivity index (χ4n) is 4.08. The number of anilines is 1. The van der Waals surface area contributed by atoms with Gasteiger partial charge in [-0.3, -0.25) is 9.69 Å². The lowest BCUT2D eigenvalue weighted by atomic mass is 10.1. The molecule has 7 nitrogen and oxygen atoms in total. The number of aromatic nitrogens is 2. The molecule has 1 aromatic heterocycles.